The SMILES string of the molecule is N#CC1CC=C(c2cccn3ncc(-c4ccc(-n5ccnn5)cc4)c23)CC1. The molecule has 1 unspecified atom stereocenters. The predicted molar refractivity (Wildman–Crippen MR) is 106 cm³/mol. The van der Waals surface area contributed by atoms with Crippen LogP contribution in [0.1, 0.15) is 24.8 Å². The van der Waals surface area contributed by atoms with Crippen molar-refractivity contribution in [2.75, 3.05) is 0 Å². The number of pyridine rings is 1. The van der Waals surface area contributed by atoms with Crippen LogP contribution in [0, 0.1) is 17.2 Å². The molecule has 4 aromatic rings. The summed E-state index contributed by atoms with van der Waals surface area (Å²) in [5, 5.41) is 21.6. The summed E-state index contributed by atoms with van der Waals surface area (Å²) in [6.07, 6.45) is 12.3. The smallest absolute Gasteiger partial charge is 0.0814 e. The summed E-state index contributed by atoms with van der Waals surface area (Å²) in [4.78, 5) is 0. The van der Waals surface area contributed by atoms with Gasteiger partial charge in [0.05, 0.1) is 41.8 Å². The fourth-order valence-corrected chi connectivity index (χ4v) is 3.85. The average molecular weight is 366 g/mol. The van der Waals surface area contributed by atoms with Crippen LogP contribution in [0.3, 0.4) is 0 Å². The van der Waals surface area contributed by atoms with Gasteiger partial charge in [-0.15, -0.1) is 5.10 Å². The van der Waals surface area contributed by atoms with Crippen molar-refractivity contribution in [3.05, 3.63) is 72.8 Å². The van der Waals surface area contributed by atoms with E-state index in [2.05, 4.69) is 45.8 Å². The third kappa shape index (κ3) is 2.78. The third-order valence-electron chi connectivity index (χ3n) is 5.35. The summed E-state index contributed by atoms with van der Waals surface area (Å²) < 4.78 is 3.68. The molecule has 6 heteroatoms. The summed E-state index contributed by atoms with van der Waals surface area (Å²) in [6, 6.07) is 14.8. The highest BCUT2D eigenvalue weighted by atomic mass is 15.4. The standard InChI is InChI=1S/C22H18N6/c23-14-16-3-5-17(6-4-16)20-2-1-12-28-22(20)21(15-25-28)18-7-9-19(10-8-18)27-13-11-24-26-27/h1-2,5,7-13,15-16H,3-4,6H2. The Bertz CT molecular complexity index is 1190. The fourth-order valence-electron chi connectivity index (χ4n) is 3.85. The van der Waals surface area contributed by atoms with Crippen LogP contribution >= 0.6 is 0 Å². The average Bonchev–Trinajstić information content (AvgIpc) is 3.44. The molecule has 0 bridgehead atoms. The van der Waals surface area contributed by atoms with Gasteiger partial charge >= 0.3 is 0 Å². The Labute approximate surface area is 162 Å². The van der Waals surface area contributed by atoms with E-state index in [1.54, 1.807) is 10.9 Å². The molecule has 6 nitrogen and oxygen atoms in total. The minimum Gasteiger partial charge on any atom is -0.240 e. The first-order chi connectivity index (χ1) is 13.8. The van der Waals surface area contributed by atoms with Crippen molar-refractivity contribution in [3.63, 3.8) is 0 Å². The Balaban J connectivity index is 1.58. The number of fused-ring (bicyclic) bond motifs is 1. The van der Waals surface area contributed by atoms with E-state index in [1.807, 2.05) is 41.3 Å². The summed E-state index contributed by atoms with van der Waals surface area (Å²) in [7, 11) is 0. The van der Waals surface area contributed by atoms with Crippen molar-refractivity contribution >= 4 is 11.1 Å². The Morgan fingerprint density at radius 3 is 2.68 bits per heavy atom. The molecular formula is C22H18N6. The molecule has 3 heterocycles. The van der Waals surface area contributed by atoms with Crippen LogP contribution in [0.4, 0.5) is 0 Å². The lowest BCUT2D eigenvalue weighted by atomic mass is 9.86. The van der Waals surface area contributed by atoms with E-state index in [9.17, 15) is 0 Å². The number of rotatable bonds is 3. The molecule has 1 aromatic carbocycles. The Morgan fingerprint density at radius 1 is 1.07 bits per heavy atom. The first-order valence-electron chi connectivity index (χ1n) is 9.36. The zero-order valence-electron chi connectivity index (χ0n) is 15.2. The van der Waals surface area contributed by atoms with E-state index in [1.165, 1.54) is 11.1 Å². The molecular weight excluding hydrogens is 348 g/mol. The minimum absolute atomic E-state index is 0.136. The number of nitriles is 1. The Hall–Kier alpha value is -3.72. The van der Waals surface area contributed by atoms with Gasteiger partial charge in [0.25, 0.3) is 0 Å². The first-order valence-corrected chi connectivity index (χ1v) is 9.36. The number of nitrogens with zero attached hydrogens (tertiary/aromatic N) is 6. The fraction of sp³-hybridized carbons (Fsp3) is 0.182. The summed E-state index contributed by atoms with van der Waals surface area (Å²) in [5.41, 5.74) is 6.79. The molecule has 1 atom stereocenters. The monoisotopic (exact) mass is 366 g/mol. The molecule has 1 aliphatic carbocycles. The molecule has 5 rings (SSSR count). The van der Waals surface area contributed by atoms with Crippen molar-refractivity contribution in [3.8, 4) is 22.9 Å². The Kier molecular flexibility index (Phi) is 3.99. The van der Waals surface area contributed by atoms with Gasteiger partial charge < -0.3 is 0 Å². The number of aromatic nitrogens is 5. The van der Waals surface area contributed by atoms with Crippen molar-refractivity contribution in [1.82, 2.24) is 24.6 Å². The largest absolute Gasteiger partial charge is 0.240 e. The van der Waals surface area contributed by atoms with Gasteiger partial charge in [-0.25, -0.2) is 9.20 Å². The number of benzene rings is 1. The van der Waals surface area contributed by atoms with Crippen LogP contribution < -0.4 is 0 Å². The molecule has 3 aromatic heterocycles. The second kappa shape index (κ2) is 6.78. The van der Waals surface area contributed by atoms with Gasteiger partial charge in [0.1, 0.15) is 0 Å². The molecule has 0 saturated heterocycles. The van der Waals surface area contributed by atoms with Gasteiger partial charge in [-0.05, 0) is 48.6 Å². The van der Waals surface area contributed by atoms with Crippen LogP contribution in [0.15, 0.2) is 67.3 Å². The van der Waals surface area contributed by atoms with Crippen LogP contribution in [0.25, 0.3) is 27.9 Å². The first kappa shape index (κ1) is 16.5. The van der Waals surface area contributed by atoms with Crippen molar-refractivity contribution in [2.45, 2.75) is 19.3 Å². The van der Waals surface area contributed by atoms with Crippen molar-refractivity contribution in [1.29, 1.82) is 5.26 Å². The van der Waals surface area contributed by atoms with Gasteiger partial charge in [-0.3, -0.25) is 0 Å². The van der Waals surface area contributed by atoms with Crippen LogP contribution in [-0.2, 0) is 0 Å². The molecule has 136 valence electrons. The molecule has 0 amide bonds. The van der Waals surface area contributed by atoms with E-state index in [4.69, 9.17) is 5.26 Å². The highest BCUT2D eigenvalue weighted by Gasteiger charge is 2.18. The number of hydrogen-bond donors (Lipinski definition) is 0. The second-order valence-electron chi connectivity index (χ2n) is 7.00. The highest BCUT2D eigenvalue weighted by Crippen LogP contribution is 2.35. The summed E-state index contributed by atoms with van der Waals surface area (Å²) in [5.74, 6) is 0.136. The van der Waals surface area contributed by atoms with Gasteiger partial charge in [0.15, 0.2) is 0 Å². The van der Waals surface area contributed by atoms with E-state index in [0.717, 1.165) is 41.6 Å². The maximum atomic E-state index is 9.17. The number of allylic oxidation sites excluding steroid dienone is 2. The minimum atomic E-state index is 0.136. The zero-order chi connectivity index (χ0) is 18.9. The number of hydrogen-bond acceptors (Lipinski definition) is 4. The summed E-state index contributed by atoms with van der Waals surface area (Å²) >= 11 is 0. The maximum absolute atomic E-state index is 9.17. The van der Waals surface area contributed by atoms with Gasteiger partial charge in [-0.1, -0.05) is 29.5 Å². The molecule has 1 aliphatic rings. The van der Waals surface area contributed by atoms with E-state index < -0.39 is 0 Å². The van der Waals surface area contributed by atoms with E-state index in [0.29, 0.717) is 0 Å². The lowest BCUT2D eigenvalue weighted by Crippen LogP contribution is -2.04. The molecule has 0 fully saturated rings. The Morgan fingerprint density at radius 2 is 1.96 bits per heavy atom. The van der Waals surface area contributed by atoms with Crippen LogP contribution in [-0.4, -0.2) is 24.6 Å². The molecule has 0 saturated carbocycles. The quantitative estimate of drug-likeness (QED) is 0.542. The van der Waals surface area contributed by atoms with Crippen molar-refractivity contribution < 1.29 is 0 Å². The summed E-state index contributed by atoms with van der Waals surface area (Å²) in [6.45, 7) is 0. The molecule has 0 radical (unpaired) electrons. The van der Waals surface area contributed by atoms with Gasteiger partial charge in [0.2, 0.25) is 0 Å². The van der Waals surface area contributed by atoms with Gasteiger partial charge in [-0.2, -0.15) is 10.4 Å². The van der Waals surface area contributed by atoms with Gasteiger partial charge in [0, 0.05) is 17.3 Å². The zero-order valence-corrected chi connectivity index (χ0v) is 15.2. The van der Waals surface area contributed by atoms with Crippen LogP contribution in [0.5, 0.6) is 0 Å². The maximum Gasteiger partial charge on any atom is 0.0814 e. The topological polar surface area (TPSA) is 71.8 Å². The second-order valence-corrected chi connectivity index (χ2v) is 7.00. The van der Waals surface area contributed by atoms with E-state index >= 15 is 0 Å². The van der Waals surface area contributed by atoms with Crippen LogP contribution in [0.2, 0.25) is 0 Å². The molecule has 28 heavy (non-hydrogen) atoms. The highest BCUT2D eigenvalue weighted by molar-refractivity contribution is 5.90. The normalized spacial score (nSPS) is 16.7. The third-order valence-corrected chi connectivity index (χ3v) is 5.35. The van der Waals surface area contributed by atoms with E-state index in [-0.39, 0.29) is 5.92 Å². The molecule has 0 spiro atoms. The molecule has 0 aliphatic heterocycles. The molecule has 0 N–H and O–H groups in total. The lowest BCUT2D eigenvalue weighted by Gasteiger charge is -2.18. The predicted octanol–water partition coefficient (Wildman–Crippen LogP) is 4.29. The lowest BCUT2D eigenvalue weighted by molar-refractivity contribution is 0.604. The van der Waals surface area contributed by atoms with Crippen molar-refractivity contribution in [2.24, 2.45) is 5.92 Å².